The third kappa shape index (κ3) is 1.36. The second-order valence-electron chi connectivity index (χ2n) is 3.60. The van der Waals surface area contributed by atoms with Crippen LogP contribution in [0.25, 0.3) is 10.9 Å². The molecule has 0 saturated carbocycles. The number of rotatable bonds is 3. The molecule has 78 valence electrons. The molecular weight excluding hydrogens is 190 g/mol. The molecule has 2 rings (SSSR count). The number of hydrogen-bond donors (Lipinski definition) is 1. The predicted molar refractivity (Wildman–Crippen MR) is 58.8 cm³/mol. The molecule has 1 aromatic carbocycles. The summed E-state index contributed by atoms with van der Waals surface area (Å²) < 4.78 is 8.73. The zero-order valence-corrected chi connectivity index (χ0v) is 8.78. The molecule has 1 N–H and O–H groups in total. The maximum absolute atomic E-state index is 11.6. The fourth-order valence-corrected chi connectivity index (χ4v) is 2.01. The fraction of sp³-hybridized carbons (Fsp3) is 0.250. The summed E-state index contributed by atoms with van der Waals surface area (Å²) in [5.41, 5.74) is 2.40. The third-order valence-corrected chi connectivity index (χ3v) is 2.72. The Labute approximate surface area is 89.4 Å². The number of ketones is 1. The molecule has 0 fully saturated rings. The minimum absolute atomic E-state index is 0.00356. The van der Waals surface area contributed by atoms with E-state index < -0.39 is 0 Å². The van der Waals surface area contributed by atoms with E-state index in [-0.39, 0.29) is 12.4 Å². The number of nitrogens with zero attached hydrogens (tertiary/aromatic N) is 1. The van der Waals surface area contributed by atoms with Crippen LogP contribution in [0.15, 0.2) is 24.3 Å². The summed E-state index contributed by atoms with van der Waals surface area (Å²) in [6.07, 6.45) is 0. The Kier molecular flexibility index (Phi) is 2.03. The lowest BCUT2D eigenvalue weighted by atomic mass is 10.1. The second kappa shape index (κ2) is 3.51. The number of fused-ring (bicyclic) bond motifs is 1. The van der Waals surface area contributed by atoms with Crippen molar-refractivity contribution in [3.63, 3.8) is 0 Å². The van der Waals surface area contributed by atoms with Gasteiger partial charge in [0.15, 0.2) is 5.78 Å². The summed E-state index contributed by atoms with van der Waals surface area (Å²) in [5.74, 6) is 0.00356. The normalized spacial score (nSPS) is 11.7. The first-order chi connectivity index (χ1) is 7.66. The lowest BCUT2D eigenvalue weighted by Crippen LogP contribution is -2.01. The first-order valence-corrected chi connectivity index (χ1v) is 4.82. The van der Waals surface area contributed by atoms with Crippen molar-refractivity contribution in [1.29, 1.82) is 1.43 Å². The van der Waals surface area contributed by atoms with Gasteiger partial charge in [-0.1, -0.05) is 18.2 Å². The largest absolute Gasteiger partial charge is 0.390 e. The number of carbonyl (C=O) groups is 1. The Bertz CT molecular complexity index is 545. The standard InChI is InChI=1S/C12H13NO2/c1-8(15)12-9-5-3-4-6-10(9)13(2)11(12)7-14/h3-6,14H,7H2,1-2H3/i14T. The number of para-hydroxylation sites is 1. The van der Waals surface area contributed by atoms with Crippen LogP contribution in [-0.4, -0.2) is 16.9 Å². The maximum Gasteiger partial charge on any atom is 0.211 e. The summed E-state index contributed by atoms with van der Waals surface area (Å²) in [5, 5.41) is 5.33. The van der Waals surface area contributed by atoms with Crippen molar-refractivity contribution in [3.05, 3.63) is 35.5 Å². The van der Waals surface area contributed by atoms with Gasteiger partial charge in [0, 0.05) is 23.5 Å². The number of benzene rings is 1. The van der Waals surface area contributed by atoms with E-state index in [0.717, 1.165) is 16.6 Å². The quantitative estimate of drug-likeness (QED) is 0.777. The number of aryl methyl sites for hydroxylation is 1. The fourth-order valence-electron chi connectivity index (χ4n) is 2.01. The van der Waals surface area contributed by atoms with Crippen LogP contribution in [0.1, 0.15) is 23.0 Å². The van der Waals surface area contributed by atoms with E-state index in [4.69, 9.17) is 1.43 Å². The molecule has 3 nitrogen and oxygen atoms in total. The Balaban J connectivity index is 2.80. The molecule has 0 aliphatic carbocycles. The van der Waals surface area contributed by atoms with Gasteiger partial charge in [0.05, 0.1) is 12.3 Å². The van der Waals surface area contributed by atoms with Gasteiger partial charge in [-0.25, -0.2) is 0 Å². The molecule has 0 radical (unpaired) electrons. The van der Waals surface area contributed by atoms with Crippen molar-refractivity contribution < 1.29 is 9.90 Å². The number of hydrogen-bond acceptors (Lipinski definition) is 2. The monoisotopic (exact) mass is 205 g/mol. The van der Waals surface area contributed by atoms with Gasteiger partial charge in [-0.05, 0) is 13.0 Å². The zero-order valence-electron chi connectivity index (χ0n) is 9.78. The van der Waals surface area contributed by atoms with E-state index in [1.165, 1.54) is 6.92 Å². The van der Waals surface area contributed by atoms with Crippen LogP contribution in [0.2, 0.25) is 0 Å². The Morgan fingerprint density at radius 2 is 2.27 bits per heavy atom. The molecule has 0 saturated heterocycles. The van der Waals surface area contributed by atoms with Crippen molar-refractivity contribution in [3.8, 4) is 0 Å². The number of aromatic nitrogens is 1. The van der Waals surface area contributed by atoms with Gasteiger partial charge in [-0.15, -0.1) is 0 Å². The highest BCUT2D eigenvalue weighted by molar-refractivity contribution is 6.08. The van der Waals surface area contributed by atoms with E-state index >= 15 is 0 Å². The molecule has 2 aromatic rings. The summed E-state index contributed by atoms with van der Waals surface area (Å²) in [6, 6.07) is 7.70. The predicted octanol–water partition coefficient (Wildman–Crippen LogP) is 1.87. The highest BCUT2D eigenvalue weighted by Gasteiger charge is 2.16. The Hall–Kier alpha value is -1.61. The number of Topliss-reactive ketones (excluding diaryl/α,β-unsaturated/α-hetero) is 1. The molecule has 0 atom stereocenters. The summed E-state index contributed by atoms with van der Waals surface area (Å²) in [6.45, 7) is 1.66. The molecule has 0 spiro atoms. The first kappa shape index (κ1) is 8.68. The van der Waals surface area contributed by atoms with Gasteiger partial charge < -0.3 is 9.68 Å². The highest BCUT2D eigenvalue weighted by Crippen LogP contribution is 2.25. The topological polar surface area (TPSA) is 42.2 Å². The molecule has 0 unspecified atom stereocenters. The smallest absolute Gasteiger partial charge is 0.211 e. The highest BCUT2D eigenvalue weighted by atomic mass is 16.3. The third-order valence-electron chi connectivity index (χ3n) is 2.72. The van der Waals surface area contributed by atoms with Crippen LogP contribution < -0.4 is 0 Å². The molecule has 1 aromatic heterocycles. The van der Waals surface area contributed by atoms with Crippen molar-refractivity contribution in [2.75, 3.05) is 0 Å². The minimum atomic E-state index is 0.00356. The molecule has 0 amide bonds. The van der Waals surface area contributed by atoms with Crippen molar-refractivity contribution in [2.24, 2.45) is 7.05 Å². The molecule has 0 aliphatic heterocycles. The van der Waals surface area contributed by atoms with E-state index in [2.05, 4.69) is 5.11 Å². The van der Waals surface area contributed by atoms with Gasteiger partial charge in [0.25, 0.3) is 0 Å². The van der Waals surface area contributed by atoms with Crippen LogP contribution in [0, 0.1) is 0 Å². The molecule has 1 heterocycles. The van der Waals surface area contributed by atoms with Crippen molar-refractivity contribution in [2.45, 2.75) is 13.5 Å². The SMILES string of the molecule is [3H]OCc1c(C(C)=O)c2ccccc2n1C. The van der Waals surface area contributed by atoms with Gasteiger partial charge in [-0.2, -0.15) is 0 Å². The van der Waals surface area contributed by atoms with Crippen LogP contribution in [-0.2, 0) is 13.7 Å². The van der Waals surface area contributed by atoms with Crippen LogP contribution >= 0.6 is 0 Å². The second-order valence-corrected chi connectivity index (χ2v) is 3.60. The summed E-state index contributed by atoms with van der Waals surface area (Å²) in [4.78, 5) is 11.6. The van der Waals surface area contributed by atoms with Crippen molar-refractivity contribution in [1.82, 2.24) is 4.57 Å². The molecular formula is C12H13NO2. The number of aliphatic hydroxyl groups excluding tert-OH is 1. The van der Waals surface area contributed by atoms with E-state index in [1.54, 1.807) is 0 Å². The average Bonchev–Trinajstić information content (AvgIpc) is 2.54. The number of aliphatic hydroxyl groups is 1. The number of carbonyl (C=O) groups excluding carboxylic acids is 1. The molecule has 15 heavy (non-hydrogen) atoms. The van der Waals surface area contributed by atoms with Gasteiger partial charge in [-0.3, -0.25) is 4.79 Å². The van der Waals surface area contributed by atoms with E-state index in [9.17, 15) is 4.79 Å². The van der Waals surface area contributed by atoms with E-state index in [0.29, 0.717) is 5.56 Å². The Morgan fingerprint density at radius 1 is 1.53 bits per heavy atom. The molecule has 0 aliphatic rings. The molecule has 0 bridgehead atoms. The maximum atomic E-state index is 11.6. The Morgan fingerprint density at radius 3 is 2.93 bits per heavy atom. The summed E-state index contributed by atoms with van der Waals surface area (Å²) >= 11 is 0. The van der Waals surface area contributed by atoms with Crippen LogP contribution in [0.5, 0.6) is 0 Å². The lowest BCUT2D eigenvalue weighted by molar-refractivity contribution is 0.101. The van der Waals surface area contributed by atoms with Gasteiger partial charge in [0.2, 0.25) is 1.43 Å². The van der Waals surface area contributed by atoms with Gasteiger partial charge >= 0.3 is 0 Å². The van der Waals surface area contributed by atoms with Crippen LogP contribution in [0.4, 0.5) is 0 Å². The summed E-state index contributed by atoms with van der Waals surface area (Å²) in [7, 11) is 1.88. The van der Waals surface area contributed by atoms with Crippen molar-refractivity contribution >= 4 is 16.7 Å². The van der Waals surface area contributed by atoms with Gasteiger partial charge in [0.1, 0.15) is 0 Å². The minimum Gasteiger partial charge on any atom is -0.390 e. The lowest BCUT2D eigenvalue weighted by Gasteiger charge is -2.01. The van der Waals surface area contributed by atoms with Crippen LogP contribution in [0.3, 0.4) is 0 Å². The first-order valence-electron chi connectivity index (χ1n) is 5.23. The zero-order chi connectivity index (χ0) is 11.7. The van der Waals surface area contributed by atoms with E-state index in [1.807, 2.05) is 35.9 Å². The average molecular weight is 205 g/mol. The molecule has 3 heteroatoms.